The van der Waals surface area contributed by atoms with E-state index in [4.69, 9.17) is 5.73 Å². The summed E-state index contributed by atoms with van der Waals surface area (Å²) >= 11 is 0. The fraction of sp³-hybridized carbons (Fsp3) is 0.733. The first-order chi connectivity index (χ1) is 10.1. The number of carbonyl (C=O) groups excluding carboxylic acids is 1. The van der Waals surface area contributed by atoms with E-state index in [9.17, 15) is 9.90 Å². The number of nitrogen functional groups attached to an aromatic ring is 1. The summed E-state index contributed by atoms with van der Waals surface area (Å²) in [6.07, 6.45) is 7.53. The van der Waals surface area contributed by atoms with E-state index < -0.39 is 5.60 Å². The molecule has 0 atom stereocenters. The van der Waals surface area contributed by atoms with Crippen molar-refractivity contribution in [2.75, 3.05) is 12.3 Å². The second-order valence-electron chi connectivity index (χ2n) is 6.04. The Hall–Kier alpha value is -1.56. The molecule has 1 aliphatic carbocycles. The summed E-state index contributed by atoms with van der Waals surface area (Å²) in [4.78, 5) is 12.2. The van der Waals surface area contributed by atoms with Gasteiger partial charge in [-0.2, -0.15) is 5.10 Å². The van der Waals surface area contributed by atoms with Gasteiger partial charge in [0.05, 0.1) is 17.0 Å². The van der Waals surface area contributed by atoms with Gasteiger partial charge in [0, 0.05) is 6.54 Å². The maximum absolute atomic E-state index is 12.2. The van der Waals surface area contributed by atoms with E-state index in [0.29, 0.717) is 5.69 Å². The third-order valence-electron chi connectivity index (χ3n) is 4.21. The maximum atomic E-state index is 12.2. The number of H-pyrrole nitrogens is 1. The molecule has 21 heavy (non-hydrogen) atoms. The molecule has 1 aliphatic rings. The minimum atomic E-state index is -0.788. The van der Waals surface area contributed by atoms with Crippen molar-refractivity contribution in [1.82, 2.24) is 15.5 Å². The molecule has 0 aliphatic heterocycles. The Morgan fingerprint density at radius 2 is 2.05 bits per heavy atom. The molecule has 0 saturated heterocycles. The van der Waals surface area contributed by atoms with Gasteiger partial charge in [-0.1, -0.05) is 39.0 Å². The lowest BCUT2D eigenvalue weighted by molar-refractivity contribution is 0.0246. The summed E-state index contributed by atoms with van der Waals surface area (Å²) < 4.78 is 0. The quantitative estimate of drug-likeness (QED) is 0.621. The third kappa shape index (κ3) is 3.97. The maximum Gasteiger partial charge on any atom is 0.274 e. The van der Waals surface area contributed by atoms with Gasteiger partial charge in [-0.05, 0) is 19.3 Å². The molecule has 0 unspecified atom stereocenters. The van der Waals surface area contributed by atoms with Crippen molar-refractivity contribution in [3.05, 3.63) is 11.4 Å². The number of aliphatic hydroxyl groups is 1. The number of carbonyl (C=O) groups is 1. The van der Waals surface area contributed by atoms with Crippen LogP contribution in [0.15, 0.2) is 0 Å². The Labute approximate surface area is 125 Å². The summed E-state index contributed by atoms with van der Waals surface area (Å²) in [6, 6.07) is 0. The zero-order valence-corrected chi connectivity index (χ0v) is 12.7. The average molecular weight is 294 g/mol. The normalized spacial score (nSPS) is 18.2. The lowest BCUT2D eigenvalue weighted by Gasteiger charge is -2.26. The van der Waals surface area contributed by atoms with Crippen molar-refractivity contribution < 1.29 is 9.90 Å². The molecule has 1 aromatic rings. The Bertz CT molecular complexity index is 476. The van der Waals surface area contributed by atoms with Crippen LogP contribution in [0.4, 0.5) is 5.69 Å². The monoisotopic (exact) mass is 294 g/mol. The van der Waals surface area contributed by atoms with Crippen LogP contribution >= 0.6 is 0 Å². The number of aryl methyl sites for hydroxylation is 1. The summed E-state index contributed by atoms with van der Waals surface area (Å²) in [6.45, 7) is 2.31. The van der Waals surface area contributed by atoms with Crippen LogP contribution in [0.2, 0.25) is 0 Å². The minimum Gasteiger partial charge on any atom is -0.395 e. The lowest BCUT2D eigenvalue weighted by Crippen LogP contribution is -2.42. The first-order valence-electron chi connectivity index (χ1n) is 7.89. The van der Waals surface area contributed by atoms with Crippen LogP contribution in [0.25, 0.3) is 0 Å². The first-order valence-corrected chi connectivity index (χ1v) is 7.89. The highest BCUT2D eigenvalue weighted by Gasteiger charge is 2.29. The first kappa shape index (κ1) is 15.8. The van der Waals surface area contributed by atoms with E-state index in [1.165, 1.54) is 0 Å². The molecule has 1 amide bonds. The summed E-state index contributed by atoms with van der Waals surface area (Å²) in [7, 11) is 0. The van der Waals surface area contributed by atoms with Crippen molar-refractivity contribution in [1.29, 1.82) is 0 Å². The second kappa shape index (κ2) is 6.93. The fourth-order valence-electron chi connectivity index (χ4n) is 2.89. The standard InChI is InChI=1S/C15H26N4O2/c1-2-7-11-12(16)13(19-18-11)14(20)17-10-15(21)8-5-3-4-6-9-15/h21H,2-10,16H2,1H3,(H,17,20)(H,18,19). The van der Waals surface area contributed by atoms with Crippen LogP contribution in [-0.2, 0) is 6.42 Å². The number of rotatable bonds is 5. The molecule has 1 aromatic heterocycles. The van der Waals surface area contributed by atoms with Crippen LogP contribution in [0.3, 0.4) is 0 Å². The van der Waals surface area contributed by atoms with E-state index in [0.717, 1.165) is 57.1 Å². The SMILES string of the molecule is CCCc1[nH]nc(C(=O)NCC2(O)CCCCCC2)c1N. The predicted molar refractivity (Wildman–Crippen MR) is 82.0 cm³/mol. The Balaban J connectivity index is 1.95. The highest BCUT2D eigenvalue weighted by atomic mass is 16.3. The number of aromatic nitrogens is 2. The van der Waals surface area contributed by atoms with E-state index in [1.54, 1.807) is 0 Å². The van der Waals surface area contributed by atoms with E-state index in [-0.39, 0.29) is 18.1 Å². The number of amides is 1. The molecule has 0 bridgehead atoms. The van der Waals surface area contributed by atoms with Gasteiger partial charge in [0.15, 0.2) is 5.69 Å². The van der Waals surface area contributed by atoms with E-state index in [2.05, 4.69) is 15.5 Å². The molecular weight excluding hydrogens is 268 g/mol. The van der Waals surface area contributed by atoms with Crippen molar-refractivity contribution in [3.8, 4) is 0 Å². The van der Waals surface area contributed by atoms with E-state index in [1.807, 2.05) is 6.92 Å². The van der Waals surface area contributed by atoms with Gasteiger partial charge in [-0.25, -0.2) is 0 Å². The van der Waals surface area contributed by atoms with Crippen molar-refractivity contribution >= 4 is 11.6 Å². The summed E-state index contributed by atoms with van der Waals surface area (Å²) in [5.41, 5.74) is 6.60. The minimum absolute atomic E-state index is 0.232. The van der Waals surface area contributed by atoms with E-state index >= 15 is 0 Å². The van der Waals surface area contributed by atoms with Crippen molar-refractivity contribution in [2.45, 2.75) is 63.9 Å². The van der Waals surface area contributed by atoms with Crippen LogP contribution < -0.4 is 11.1 Å². The van der Waals surface area contributed by atoms with Crippen LogP contribution in [-0.4, -0.2) is 33.4 Å². The van der Waals surface area contributed by atoms with Gasteiger partial charge >= 0.3 is 0 Å². The molecule has 0 spiro atoms. The molecule has 6 heteroatoms. The topological polar surface area (TPSA) is 104 Å². The molecule has 5 N–H and O–H groups in total. The number of nitrogens with one attached hydrogen (secondary N) is 2. The number of anilines is 1. The van der Waals surface area contributed by atoms with Crippen LogP contribution in [0.1, 0.15) is 68.1 Å². The van der Waals surface area contributed by atoms with Gasteiger partial charge in [0.2, 0.25) is 0 Å². The Morgan fingerprint density at radius 1 is 1.38 bits per heavy atom. The Kier molecular flexibility index (Phi) is 5.22. The molecule has 118 valence electrons. The number of hydrogen-bond donors (Lipinski definition) is 4. The van der Waals surface area contributed by atoms with Gasteiger partial charge in [-0.15, -0.1) is 0 Å². The molecule has 0 aromatic carbocycles. The van der Waals surface area contributed by atoms with Gasteiger partial charge in [0.25, 0.3) is 5.91 Å². The largest absolute Gasteiger partial charge is 0.395 e. The molecule has 1 saturated carbocycles. The number of nitrogens with two attached hydrogens (primary N) is 1. The second-order valence-corrected chi connectivity index (χ2v) is 6.04. The van der Waals surface area contributed by atoms with Crippen molar-refractivity contribution in [2.24, 2.45) is 0 Å². The molecule has 2 rings (SSSR count). The third-order valence-corrected chi connectivity index (χ3v) is 4.21. The van der Waals surface area contributed by atoms with Crippen LogP contribution in [0, 0.1) is 0 Å². The summed E-state index contributed by atoms with van der Waals surface area (Å²) in [5, 5.41) is 20.1. The Morgan fingerprint density at radius 3 is 2.67 bits per heavy atom. The molecular formula is C15H26N4O2. The predicted octanol–water partition coefficient (Wildman–Crippen LogP) is 1.76. The van der Waals surface area contributed by atoms with Gasteiger partial charge in [0.1, 0.15) is 0 Å². The van der Waals surface area contributed by atoms with Crippen LogP contribution in [0.5, 0.6) is 0 Å². The van der Waals surface area contributed by atoms with Crippen molar-refractivity contribution in [3.63, 3.8) is 0 Å². The fourth-order valence-corrected chi connectivity index (χ4v) is 2.89. The number of aromatic amines is 1. The highest BCUT2D eigenvalue weighted by Crippen LogP contribution is 2.26. The zero-order valence-electron chi connectivity index (χ0n) is 12.7. The summed E-state index contributed by atoms with van der Waals surface area (Å²) in [5.74, 6) is -0.316. The smallest absolute Gasteiger partial charge is 0.274 e. The number of nitrogens with zero attached hydrogens (tertiary/aromatic N) is 1. The van der Waals surface area contributed by atoms with Gasteiger partial charge < -0.3 is 16.2 Å². The number of hydrogen-bond acceptors (Lipinski definition) is 4. The highest BCUT2D eigenvalue weighted by molar-refractivity contribution is 5.97. The molecule has 6 nitrogen and oxygen atoms in total. The molecule has 1 fully saturated rings. The lowest BCUT2D eigenvalue weighted by atomic mass is 9.94. The zero-order chi connectivity index (χ0) is 15.3. The molecule has 1 heterocycles. The average Bonchev–Trinajstić information content (AvgIpc) is 2.69. The molecule has 0 radical (unpaired) electrons. The van der Waals surface area contributed by atoms with Gasteiger partial charge in [-0.3, -0.25) is 9.89 Å².